The average Bonchev–Trinajstić information content (AvgIpc) is 2.88. The summed E-state index contributed by atoms with van der Waals surface area (Å²) in [7, 11) is 1.69. The maximum atomic E-state index is 12.0. The van der Waals surface area contributed by atoms with Crippen molar-refractivity contribution in [2.75, 3.05) is 33.2 Å². The Morgan fingerprint density at radius 1 is 1.52 bits per heavy atom. The Morgan fingerprint density at radius 2 is 2.38 bits per heavy atom. The molecule has 1 amide bonds. The van der Waals surface area contributed by atoms with Crippen LogP contribution in [-0.2, 0) is 11.2 Å². The van der Waals surface area contributed by atoms with Gasteiger partial charge in [0.2, 0.25) is 5.91 Å². The van der Waals surface area contributed by atoms with E-state index in [1.807, 2.05) is 0 Å². The Bertz CT molecular complexity index is 532. The van der Waals surface area contributed by atoms with Gasteiger partial charge in [-0.05, 0) is 18.6 Å². The molecular formula is C16H23N3O2. The van der Waals surface area contributed by atoms with Gasteiger partial charge >= 0.3 is 0 Å². The van der Waals surface area contributed by atoms with Gasteiger partial charge in [0.15, 0.2) is 0 Å². The van der Waals surface area contributed by atoms with Crippen LogP contribution in [0.4, 0.5) is 0 Å². The minimum atomic E-state index is -0.0993. The van der Waals surface area contributed by atoms with Crippen molar-refractivity contribution < 1.29 is 9.53 Å². The molecule has 1 aromatic rings. The lowest BCUT2D eigenvalue weighted by molar-refractivity contribution is -0.126. The van der Waals surface area contributed by atoms with Crippen LogP contribution in [0.2, 0.25) is 0 Å². The van der Waals surface area contributed by atoms with Crippen molar-refractivity contribution >= 4 is 5.91 Å². The third kappa shape index (κ3) is 3.04. The number of piperazine rings is 1. The number of nitrogens with zero attached hydrogens (tertiary/aromatic N) is 1. The van der Waals surface area contributed by atoms with E-state index in [4.69, 9.17) is 4.74 Å². The standard InChI is InChI=1S/C16H23N3O2/c1-11-3-4-15-12(7-11)8-13(21-15)10-19-6-5-18-9-14(19)16(20)17-2/h3-4,7,13-14,18H,5-6,8-10H2,1-2H3,(H,17,20). The van der Waals surface area contributed by atoms with Crippen molar-refractivity contribution in [3.05, 3.63) is 29.3 Å². The zero-order valence-electron chi connectivity index (χ0n) is 12.7. The van der Waals surface area contributed by atoms with E-state index in [0.717, 1.165) is 31.8 Å². The number of aryl methyl sites for hydroxylation is 1. The van der Waals surface area contributed by atoms with Gasteiger partial charge in [0.25, 0.3) is 0 Å². The van der Waals surface area contributed by atoms with E-state index in [2.05, 4.69) is 40.7 Å². The average molecular weight is 289 g/mol. The fourth-order valence-corrected chi connectivity index (χ4v) is 3.20. The first-order chi connectivity index (χ1) is 10.2. The number of rotatable bonds is 3. The van der Waals surface area contributed by atoms with Gasteiger partial charge in [-0.1, -0.05) is 17.7 Å². The third-order valence-electron chi connectivity index (χ3n) is 4.30. The summed E-state index contributed by atoms with van der Waals surface area (Å²) in [6.45, 7) is 5.41. The number of carbonyl (C=O) groups is 1. The molecule has 2 unspecified atom stereocenters. The number of hydrogen-bond donors (Lipinski definition) is 2. The van der Waals surface area contributed by atoms with E-state index in [1.54, 1.807) is 7.05 Å². The van der Waals surface area contributed by atoms with Crippen molar-refractivity contribution in [2.24, 2.45) is 0 Å². The summed E-state index contributed by atoms with van der Waals surface area (Å²) >= 11 is 0. The molecule has 2 aliphatic heterocycles. The molecule has 114 valence electrons. The van der Waals surface area contributed by atoms with E-state index in [1.165, 1.54) is 11.1 Å². The van der Waals surface area contributed by atoms with E-state index in [-0.39, 0.29) is 18.1 Å². The van der Waals surface area contributed by atoms with Gasteiger partial charge in [-0.25, -0.2) is 0 Å². The monoisotopic (exact) mass is 289 g/mol. The van der Waals surface area contributed by atoms with Crippen LogP contribution in [-0.4, -0.2) is 56.2 Å². The molecule has 0 radical (unpaired) electrons. The van der Waals surface area contributed by atoms with Gasteiger partial charge < -0.3 is 15.4 Å². The maximum Gasteiger partial charge on any atom is 0.238 e. The molecule has 21 heavy (non-hydrogen) atoms. The van der Waals surface area contributed by atoms with Gasteiger partial charge in [0.1, 0.15) is 17.9 Å². The number of carbonyl (C=O) groups excluding carboxylic acids is 1. The topological polar surface area (TPSA) is 53.6 Å². The SMILES string of the molecule is CNC(=O)C1CNCCN1CC1Cc2cc(C)ccc2O1. The van der Waals surface area contributed by atoms with Gasteiger partial charge in [-0.2, -0.15) is 0 Å². The predicted molar refractivity (Wildman–Crippen MR) is 81.6 cm³/mol. The van der Waals surface area contributed by atoms with Crippen molar-refractivity contribution in [1.82, 2.24) is 15.5 Å². The highest BCUT2D eigenvalue weighted by atomic mass is 16.5. The molecule has 5 heteroatoms. The zero-order chi connectivity index (χ0) is 14.8. The molecule has 0 bridgehead atoms. The molecule has 1 saturated heterocycles. The molecular weight excluding hydrogens is 266 g/mol. The smallest absolute Gasteiger partial charge is 0.238 e. The lowest BCUT2D eigenvalue weighted by atomic mass is 10.1. The van der Waals surface area contributed by atoms with Gasteiger partial charge in [-0.3, -0.25) is 9.69 Å². The molecule has 0 aliphatic carbocycles. The van der Waals surface area contributed by atoms with Gasteiger partial charge in [0.05, 0.1) is 0 Å². The van der Waals surface area contributed by atoms with E-state index in [0.29, 0.717) is 6.54 Å². The molecule has 2 atom stereocenters. The summed E-state index contributed by atoms with van der Waals surface area (Å²) in [5, 5.41) is 6.04. The van der Waals surface area contributed by atoms with Crippen LogP contribution in [0.15, 0.2) is 18.2 Å². The number of likely N-dealkylation sites (N-methyl/N-ethyl adjacent to an activating group) is 1. The Labute approximate surface area is 125 Å². The molecule has 2 aliphatic rings. The molecule has 1 fully saturated rings. The van der Waals surface area contributed by atoms with E-state index >= 15 is 0 Å². The largest absolute Gasteiger partial charge is 0.488 e. The molecule has 0 saturated carbocycles. The zero-order valence-corrected chi connectivity index (χ0v) is 12.7. The minimum absolute atomic E-state index is 0.0774. The lowest BCUT2D eigenvalue weighted by Gasteiger charge is -2.36. The van der Waals surface area contributed by atoms with Crippen LogP contribution in [0.3, 0.4) is 0 Å². The highest BCUT2D eigenvalue weighted by Crippen LogP contribution is 2.30. The van der Waals surface area contributed by atoms with Crippen LogP contribution in [0, 0.1) is 6.92 Å². The van der Waals surface area contributed by atoms with Crippen LogP contribution >= 0.6 is 0 Å². The van der Waals surface area contributed by atoms with E-state index < -0.39 is 0 Å². The molecule has 3 rings (SSSR count). The lowest BCUT2D eigenvalue weighted by Crippen LogP contribution is -2.59. The molecule has 1 aromatic carbocycles. The summed E-state index contributed by atoms with van der Waals surface area (Å²) in [6, 6.07) is 6.24. The molecule has 2 N–H and O–H groups in total. The summed E-state index contributed by atoms with van der Waals surface area (Å²) in [5.41, 5.74) is 2.55. The van der Waals surface area contributed by atoms with Crippen LogP contribution in [0.25, 0.3) is 0 Å². The van der Waals surface area contributed by atoms with Gasteiger partial charge in [0, 0.05) is 39.6 Å². The minimum Gasteiger partial charge on any atom is -0.488 e. The molecule has 0 aromatic heterocycles. The second-order valence-corrected chi connectivity index (χ2v) is 5.88. The van der Waals surface area contributed by atoms with E-state index in [9.17, 15) is 4.79 Å². The Kier molecular flexibility index (Phi) is 4.12. The quantitative estimate of drug-likeness (QED) is 0.841. The maximum absolute atomic E-state index is 12.0. The summed E-state index contributed by atoms with van der Waals surface area (Å²) < 4.78 is 6.03. The predicted octanol–water partition coefficient (Wildman–Crippen LogP) is 0.318. The van der Waals surface area contributed by atoms with Crippen molar-refractivity contribution in [3.8, 4) is 5.75 Å². The van der Waals surface area contributed by atoms with Gasteiger partial charge in [-0.15, -0.1) is 0 Å². The number of amides is 1. The number of nitrogens with one attached hydrogen (secondary N) is 2. The fourth-order valence-electron chi connectivity index (χ4n) is 3.20. The number of ether oxygens (including phenoxy) is 1. The normalized spacial score (nSPS) is 25.2. The highest BCUT2D eigenvalue weighted by molar-refractivity contribution is 5.81. The Hall–Kier alpha value is -1.59. The van der Waals surface area contributed by atoms with Crippen LogP contribution in [0.5, 0.6) is 5.75 Å². The van der Waals surface area contributed by atoms with Crippen molar-refractivity contribution in [3.63, 3.8) is 0 Å². The summed E-state index contributed by atoms with van der Waals surface area (Å²) in [5.74, 6) is 1.07. The summed E-state index contributed by atoms with van der Waals surface area (Å²) in [4.78, 5) is 14.2. The first-order valence-corrected chi connectivity index (χ1v) is 7.60. The second kappa shape index (κ2) is 6.03. The van der Waals surface area contributed by atoms with Crippen LogP contribution in [0.1, 0.15) is 11.1 Å². The second-order valence-electron chi connectivity index (χ2n) is 5.88. The first-order valence-electron chi connectivity index (χ1n) is 7.60. The third-order valence-corrected chi connectivity index (χ3v) is 4.30. The number of benzene rings is 1. The van der Waals surface area contributed by atoms with Crippen molar-refractivity contribution in [2.45, 2.75) is 25.5 Å². The molecule has 5 nitrogen and oxygen atoms in total. The number of hydrogen-bond acceptors (Lipinski definition) is 4. The summed E-state index contributed by atoms with van der Waals surface area (Å²) in [6.07, 6.45) is 1.08. The highest BCUT2D eigenvalue weighted by Gasteiger charge is 2.32. The molecule has 2 heterocycles. The van der Waals surface area contributed by atoms with Crippen molar-refractivity contribution in [1.29, 1.82) is 0 Å². The number of fused-ring (bicyclic) bond motifs is 1. The first kappa shape index (κ1) is 14.4. The Morgan fingerprint density at radius 3 is 3.19 bits per heavy atom. The van der Waals surface area contributed by atoms with Crippen LogP contribution < -0.4 is 15.4 Å². The molecule has 0 spiro atoms. The fraction of sp³-hybridized carbons (Fsp3) is 0.562. The Balaban J connectivity index is 1.65.